The summed E-state index contributed by atoms with van der Waals surface area (Å²) < 4.78 is 10.3. The molecular formula is C13H19N3O3. The van der Waals surface area contributed by atoms with Gasteiger partial charge in [-0.25, -0.2) is 0 Å². The van der Waals surface area contributed by atoms with Crippen molar-refractivity contribution in [2.24, 2.45) is 0 Å². The highest BCUT2D eigenvalue weighted by atomic mass is 16.5. The predicted octanol–water partition coefficient (Wildman–Crippen LogP) is 0.962. The Balaban J connectivity index is 1.76. The van der Waals surface area contributed by atoms with Gasteiger partial charge >= 0.3 is 0 Å². The first-order chi connectivity index (χ1) is 9.36. The van der Waals surface area contributed by atoms with E-state index in [1.54, 1.807) is 0 Å². The Kier molecular flexibility index (Phi) is 3.79. The summed E-state index contributed by atoms with van der Waals surface area (Å²) in [4.78, 5) is 14.3. The summed E-state index contributed by atoms with van der Waals surface area (Å²) in [6.45, 7) is 3.47. The van der Waals surface area contributed by atoms with Gasteiger partial charge in [-0.1, -0.05) is 11.6 Å². The first-order valence-electron chi connectivity index (χ1n) is 6.91. The van der Waals surface area contributed by atoms with Crippen LogP contribution in [0, 0.1) is 0 Å². The molecule has 0 bridgehead atoms. The maximum Gasteiger partial charge on any atom is 0.259 e. The fourth-order valence-electron chi connectivity index (χ4n) is 2.68. The van der Waals surface area contributed by atoms with Crippen LogP contribution in [0.4, 0.5) is 0 Å². The number of rotatable bonds is 2. The third-order valence-electron chi connectivity index (χ3n) is 3.77. The van der Waals surface area contributed by atoms with Crippen molar-refractivity contribution in [2.45, 2.75) is 25.3 Å². The minimum Gasteiger partial charge on any atom is -0.378 e. The average molecular weight is 265 g/mol. The smallest absolute Gasteiger partial charge is 0.259 e. The van der Waals surface area contributed by atoms with E-state index in [4.69, 9.17) is 9.26 Å². The fourth-order valence-corrected chi connectivity index (χ4v) is 2.68. The number of hydrogen-bond acceptors (Lipinski definition) is 5. The van der Waals surface area contributed by atoms with Gasteiger partial charge in [0, 0.05) is 13.1 Å². The molecule has 3 heterocycles. The summed E-state index contributed by atoms with van der Waals surface area (Å²) in [5, 5.41) is 7.44. The molecule has 1 aromatic heterocycles. The van der Waals surface area contributed by atoms with Gasteiger partial charge in [-0.05, 0) is 19.4 Å². The lowest BCUT2D eigenvalue weighted by molar-refractivity contribution is 0.0301. The predicted molar refractivity (Wildman–Crippen MR) is 67.8 cm³/mol. The summed E-state index contributed by atoms with van der Waals surface area (Å²) in [7, 11) is 0. The third kappa shape index (κ3) is 2.64. The number of carbonyl (C=O) groups is 1. The SMILES string of the molecule is O=C(c1conc1[C@@H]1CCCCN1)N1CCOCC1. The number of nitrogens with one attached hydrogen (secondary N) is 1. The van der Waals surface area contributed by atoms with E-state index in [1.165, 1.54) is 12.7 Å². The van der Waals surface area contributed by atoms with E-state index in [0.29, 0.717) is 31.9 Å². The van der Waals surface area contributed by atoms with Gasteiger partial charge in [0.15, 0.2) is 0 Å². The Morgan fingerprint density at radius 3 is 2.95 bits per heavy atom. The van der Waals surface area contributed by atoms with Crippen LogP contribution in [-0.4, -0.2) is 48.8 Å². The highest BCUT2D eigenvalue weighted by Crippen LogP contribution is 2.25. The normalized spacial score (nSPS) is 24.4. The molecule has 0 unspecified atom stereocenters. The number of piperidine rings is 1. The molecule has 2 aliphatic rings. The lowest BCUT2D eigenvalue weighted by atomic mass is 9.99. The molecule has 19 heavy (non-hydrogen) atoms. The molecule has 1 amide bonds. The molecule has 2 saturated heterocycles. The Hall–Kier alpha value is -1.40. The number of morpholine rings is 1. The average Bonchev–Trinajstić information content (AvgIpc) is 2.98. The Morgan fingerprint density at radius 1 is 1.37 bits per heavy atom. The van der Waals surface area contributed by atoms with E-state index >= 15 is 0 Å². The van der Waals surface area contributed by atoms with Crippen LogP contribution in [0.3, 0.4) is 0 Å². The van der Waals surface area contributed by atoms with Gasteiger partial charge in [-0.3, -0.25) is 4.79 Å². The summed E-state index contributed by atoms with van der Waals surface area (Å²) in [6, 6.07) is 0.146. The molecule has 2 aliphatic heterocycles. The van der Waals surface area contributed by atoms with Gasteiger partial charge < -0.3 is 19.5 Å². The van der Waals surface area contributed by atoms with Crippen molar-refractivity contribution < 1.29 is 14.1 Å². The van der Waals surface area contributed by atoms with Gasteiger partial charge in [0.25, 0.3) is 5.91 Å². The second-order valence-electron chi connectivity index (χ2n) is 5.02. The summed E-state index contributed by atoms with van der Waals surface area (Å²) in [5.74, 6) is 0.00641. The molecule has 1 atom stereocenters. The van der Waals surface area contributed by atoms with Crippen molar-refractivity contribution in [3.05, 3.63) is 17.5 Å². The molecule has 0 aliphatic carbocycles. The summed E-state index contributed by atoms with van der Waals surface area (Å²) in [5.41, 5.74) is 1.36. The van der Waals surface area contributed by atoms with Crippen molar-refractivity contribution in [2.75, 3.05) is 32.8 Å². The van der Waals surface area contributed by atoms with Crippen LogP contribution in [0.1, 0.15) is 41.4 Å². The molecule has 0 radical (unpaired) electrons. The Bertz CT molecular complexity index is 434. The maximum absolute atomic E-state index is 12.5. The lowest BCUT2D eigenvalue weighted by Gasteiger charge is -2.27. The van der Waals surface area contributed by atoms with Crippen LogP contribution in [0.2, 0.25) is 0 Å². The van der Waals surface area contributed by atoms with Gasteiger partial charge in [0.1, 0.15) is 17.5 Å². The third-order valence-corrected chi connectivity index (χ3v) is 3.77. The van der Waals surface area contributed by atoms with Crippen molar-refractivity contribution in [1.82, 2.24) is 15.4 Å². The van der Waals surface area contributed by atoms with Crippen LogP contribution in [0.25, 0.3) is 0 Å². The van der Waals surface area contributed by atoms with Crippen LogP contribution < -0.4 is 5.32 Å². The van der Waals surface area contributed by atoms with E-state index in [1.807, 2.05) is 4.90 Å². The zero-order valence-corrected chi connectivity index (χ0v) is 10.9. The monoisotopic (exact) mass is 265 g/mol. The number of amides is 1. The number of nitrogens with zero attached hydrogens (tertiary/aromatic N) is 2. The van der Waals surface area contributed by atoms with Crippen molar-refractivity contribution in [3.63, 3.8) is 0 Å². The number of carbonyl (C=O) groups excluding carboxylic acids is 1. The Morgan fingerprint density at radius 2 is 2.21 bits per heavy atom. The van der Waals surface area contributed by atoms with Gasteiger partial charge in [-0.15, -0.1) is 0 Å². The molecule has 0 saturated carbocycles. The number of aromatic nitrogens is 1. The zero-order chi connectivity index (χ0) is 13.1. The highest BCUT2D eigenvalue weighted by molar-refractivity contribution is 5.95. The van der Waals surface area contributed by atoms with Crippen molar-refractivity contribution in [3.8, 4) is 0 Å². The van der Waals surface area contributed by atoms with Gasteiger partial charge in [-0.2, -0.15) is 0 Å². The molecule has 104 valence electrons. The van der Waals surface area contributed by atoms with Crippen molar-refractivity contribution in [1.29, 1.82) is 0 Å². The second-order valence-corrected chi connectivity index (χ2v) is 5.02. The van der Waals surface area contributed by atoms with E-state index in [9.17, 15) is 4.79 Å². The molecule has 2 fully saturated rings. The molecular weight excluding hydrogens is 246 g/mol. The molecule has 1 N–H and O–H groups in total. The van der Waals surface area contributed by atoms with Gasteiger partial charge in [0.05, 0.1) is 19.3 Å². The summed E-state index contributed by atoms with van der Waals surface area (Å²) >= 11 is 0. The molecule has 3 rings (SSSR count). The molecule has 6 heteroatoms. The fraction of sp³-hybridized carbons (Fsp3) is 0.692. The molecule has 1 aromatic rings. The van der Waals surface area contributed by atoms with E-state index in [-0.39, 0.29) is 11.9 Å². The molecule has 0 aromatic carbocycles. The van der Waals surface area contributed by atoms with Crippen LogP contribution >= 0.6 is 0 Å². The van der Waals surface area contributed by atoms with Crippen LogP contribution in [0.5, 0.6) is 0 Å². The van der Waals surface area contributed by atoms with Crippen molar-refractivity contribution >= 4 is 5.91 Å². The second kappa shape index (κ2) is 5.71. The minimum atomic E-state index is 0.00641. The largest absolute Gasteiger partial charge is 0.378 e. The topological polar surface area (TPSA) is 67.6 Å². The van der Waals surface area contributed by atoms with E-state index in [0.717, 1.165) is 25.1 Å². The number of hydrogen-bond donors (Lipinski definition) is 1. The summed E-state index contributed by atoms with van der Waals surface area (Å²) in [6.07, 6.45) is 4.83. The lowest BCUT2D eigenvalue weighted by Crippen LogP contribution is -2.41. The zero-order valence-electron chi connectivity index (χ0n) is 10.9. The number of ether oxygens (including phenoxy) is 1. The molecule has 6 nitrogen and oxygen atoms in total. The van der Waals surface area contributed by atoms with E-state index in [2.05, 4.69) is 10.5 Å². The van der Waals surface area contributed by atoms with Gasteiger partial charge in [0.2, 0.25) is 0 Å². The standard InChI is InChI=1S/C13H19N3O3/c17-13(16-5-7-18-8-6-16)10-9-19-15-12(10)11-3-1-2-4-14-11/h9,11,14H,1-8H2/t11-/m0/s1. The quantitative estimate of drug-likeness (QED) is 0.862. The minimum absolute atomic E-state index is 0.00641. The Labute approximate surface area is 112 Å². The van der Waals surface area contributed by atoms with Crippen LogP contribution in [-0.2, 0) is 4.74 Å². The van der Waals surface area contributed by atoms with E-state index < -0.39 is 0 Å². The molecule has 0 spiro atoms. The maximum atomic E-state index is 12.5. The first kappa shape index (κ1) is 12.6. The van der Waals surface area contributed by atoms with Crippen LogP contribution in [0.15, 0.2) is 10.8 Å². The highest BCUT2D eigenvalue weighted by Gasteiger charge is 2.28. The first-order valence-corrected chi connectivity index (χ1v) is 6.91.